The van der Waals surface area contributed by atoms with Crippen LogP contribution >= 0.6 is 11.3 Å². The Morgan fingerprint density at radius 3 is 2.76 bits per heavy atom. The molecule has 0 saturated heterocycles. The molecule has 110 valence electrons. The minimum atomic E-state index is -0.503. The molecule has 0 saturated carbocycles. The number of carbonyl (C=O) groups is 2. The first-order valence-electron chi connectivity index (χ1n) is 6.22. The lowest BCUT2D eigenvalue weighted by Crippen LogP contribution is -2.09. The van der Waals surface area contributed by atoms with E-state index in [0.29, 0.717) is 16.3 Å². The molecule has 21 heavy (non-hydrogen) atoms. The molecule has 0 amide bonds. The largest absolute Gasteiger partial charge is 0.465 e. The molecule has 1 aromatic carbocycles. The van der Waals surface area contributed by atoms with Crippen molar-refractivity contribution >= 4 is 34.0 Å². The van der Waals surface area contributed by atoms with Crippen LogP contribution in [0.3, 0.4) is 0 Å². The molecule has 0 aliphatic carbocycles. The summed E-state index contributed by atoms with van der Waals surface area (Å²) in [7, 11) is 1.32. The van der Waals surface area contributed by atoms with Gasteiger partial charge in [-0.15, -0.1) is 11.3 Å². The Balaban J connectivity index is 2.30. The summed E-state index contributed by atoms with van der Waals surface area (Å²) in [4.78, 5) is 27.5. The van der Waals surface area contributed by atoms with Crippen LogP contribution in [-0.2, 0) is 9.47 Å². The van der Waals surface area contributed by atoms with Gasteiger partial charge >= 0.3 is 11.9 Å². The van der Waals surface area contributed by atoms with E-state index in [1.54, 1.807) is 31.2 Å². The van der Waals surface area contributed by atoms with E-state index in [4.69, 9.17) is 9.47 Å². The summed E-state index contributed by atoms with van der Waals surface area (Å²) in [5, 5.41) is 3.55. The number of aromatic nitrogens is 1. The average molecular weight is 306 g/mol. The first-order chi connectivity index (χ1) is 10.2. The van der Waals surface area contributed by atoms with Crippen LogP contribution in [0.15, 0.2) is 29.8 Å². The van der Waals surface area contributed by atoms with Crippen LogP contribution in [0.1, 0.15) is 27.8 Å². The van der Waals surface area contributed by atoms with Gasteiger partial charge in [-0.3, -0.25) is 0 Å². The molecule has 0 unspecified atom stereocenters. The molecule has 7 heteroatoms. The van der Waals surface area contributed by atoms with Crippen molar-refractivity contribution in [1.82, 2.24) is 4.98 Å². The maximum Gasteiger partial charge on any atom is 0.360 e. The minimum Gasteiger partial charge on any atom is -0.465 e. The summed E-state index contributed by atoms with van der Waals surface area (Å²) in [5.41, 5.74) is 2.65. The summed E-state index contributed by atoms with van der Waals surface area (Å²) in [6, 6.07) is 6.87. The number of para-hydroxylation sites is 1. The third-order valence-corrected chi connectivity index (χ3v) is 3.36. The Morgan fingerprint density at radius 1 is 1.29 bits per heavy atom. The van der Waals surface area contributed by atoms with E-state index >= 15 is 0 Å². The van der Waals surface area contributed by atoms with Crippen LogP contribution in [0.4, 0.5) is 10.7 Å². The molecule has 1 heterocycles. The molecule has 2 rings (SSSR count). The van der Waals surface area contributed by atoms with Crippen molar-refractivity contribution in [3.8, 4) is 0 Å². The predicted octanol–water partition coefficient (Wildman–Crippen LogP) is 2.85. The maximum atomic E-state index is 11.8. The first-order valence-corrected chi connectivity index (χ1v) is 7.10. The SMILES string of the molecule is CCOC(=O)c1ncsc1Nc1ccccc1C(=O)OC. The number of methoxy groups -OCH3 is 1. The second kappa shape index (κ2) is 6.85. The van der Waals surface area contributed by atoms with E-state index in [1.165, 1.54) is 24.0 Å². The van der Waals surface area contributed by atoms with Crippen LogP contribution in [0, 0.1) is 0 Å². The molecule has 0 aliphatic heterocycles. The Morgan fingerprint density at radius 2 is 2.05 bits per heavy atom. The molecule has 0 aliphatic rings. The van der Waals surface area contributed by atoms with Crippen molar-refractivity contribution in [3.05, 3.63) is 41.0 Å². The van der Waals surface area contributed by atoms with Crippen molar-refractivity contribution in [1.29, 1.82) is 0 Å². The van der Waals surface area contributed by atoms with Gasteiger partial charge in [0.15, 0.2) is 5.69 Å². The number of benzene rings is 1. The maximum absolute atomic E-state index is 11.8. The lowest BCUT2D eigenvalue weighted by atomic mass is 10.2. The van der Waals surface area contributed by atoms with Gasteiger partial charge < -0.3 is 14.8 Å². The van der Waals surface area contributed by atoms with E-state index in [9.17, 15) is 9.59 Å². The summed E-state index contributed by atoms with van der Waals surface area (Å²) in [6.45, 7) is 2.00. The lowest BCUT2D eigenvalue weighted by molar-refractivity contribution is 0.0520. The molecule has 0 spiro atoms. The molecule has 2 aromatic rings. The number of hydrogen-bond donors (Lipinski definition) is 1. The van der Waals surface area contributed by atoms with E-state index in [0.717, 1.165) is 0 Å². The van der Waals surface area contributed by atoms with Gasteiger partial charge in [0, 0.05) is 0 Å². The molecule has 1 aromatic heterocycles. The van der Waals surface area contributed by atoms with Crippen molar-refractivity contribution in [2.24, 2.45) is 0 Å². The van der Waals surface area contributed by atoms with E-state index in [-0.39, 0.29) is 12.3 Å². The number of carbonyl (C=O) groups excluding carboxylic acids is 2. The molecule has 6 nitrogen and oxygen atoms in total. The number of ether oxygens (including phenoxy) is 2. The van der Waals surface area contributed by atoms with Crippen molar-refractivity contribution in [2.45, 2.75) is 6.92 Å². The number of esters is 2. The van der Waals surface area contributed by atoms with E-state index in [1.807, 2.05) is 0 Å². The summed E-state index contributed by atoms with van der Waals surface area (Å²) in [5.74, 6) is -0.961. The highest BCUT2D eigenvalue weighted by atomic mass is 32.1. The minimum absolute atomic E-state index is 0.196. The van der Waals surface area contributed by atoms with Crippen LogP contribution < -0.4 is 5.32 Å². The van der Waals surface area contributed by atoms with Gasteiger partial charge in [0.25, 0.3) is 0 Å². The predicted molar refractivity (Wildman–Crippen MR) is 79.1 cm³/mol. The van der Waals surface area contributed by atoms with E-state index < -0.39 is 11.9 Å². The zero-order valence-electron chi connectivity index (χ0n) is 11.6. The number of anilines is 2. The van der Waals surface area contributed by atoms with Crippen molar-refractivity contribution in [3.63, 3.8) is 0 Å². The number of thiazole rings is 1. The quantitative estimate of drug-likeness (QED) is 0.856. The van der Waals surface area contributed by atoms with Gasteiger partial charge in [-0.2, -0.15) is 0 Å². The highest BCUT2D eigenvalue weighted by molar-refractivity contribution is 7.14. The highest BCUT2D eigenvalue weighted by Crippen LogP contribution is 2.27. The number of nitrogens with one attached hydrogen (secondary N) is 1. The van der Waals surface area contributed by atoms with Gasteiger partial charge in [-0.25, -0.2) is 14.6 Å². The number of nitrogens with zero attached hydrogens (tertiary/aromatic N) is 1. The van der Waals surface area contributed by atoms with Crippen molar-refractivity contribution in [2.75, 3.05) is 19.0 Å². The standard InChI is InChI=1S/C14H14N2O4S/c1-3-20-14(18)11-12(21-8-15-11)16-10-7-5-4-6-9(10)13(17)19-2/h4-8,16H,3H2,1-2H3. The molecular formula is C14H14N2O4S. The summed E-state index contributed by atoms with van der Waals surface area (Å²) in [6.07, 6.45) is 0. The Hall–Kier alpha value is -2.41. The van der Waals surface area contributed by atoms with Gasteiger partial charge in [0.05, 0.1) is 30.5 Å². The Labute approximate surface area is 125 Å². The van der Waals surface area contributed by atoms with Gasteiger partial charge in [-0.05, 0) is 19.1 Å². The smallest absolute Gasteiger partial charge is 0.360 e. The fourth-order valence-corrected chi connectivity index (χ4v) is 2.36. The fraction of sp³-hybridized carbons (Fsp3) is 0.214. The monoisotopic (exact) mass is 306 g/mol. The normalized spacial score (nSPS) is 10.0. The summed E-state index contributed by atoms with van der Waals surface area (Å²) < 4.78 is 9.67. The lowest BCUT2D eigenvalue weighted by Gasteiger charge is -2.10. The van der Waals surface area contributed by atoms with Crippen LogP contribution in [0.2, 0.25) is 0 Å². The second-order valence-electron chi connectivity index (χ2n) is 3.91. The highest BCUT2D eigenvalue weighted by Gasteiger charge is 2.18. The number of rotatable bonds is 5. The first kappa shape index (κ1) is 15.0. The molecule has 0 bridgehead atoms. The third-order valence-electron chi connectivity index (χ3n) is 2.62. The van der Waals surface area contributed by atoms with Gasteiger partial charge in [0.2, 0.25) is 0 Å². The molecule has 0 atom stereocenters. The molecular weight excluding hydrogens is 292 g/mol. The third kappa shape index (κ3) is 3.38. The van der Waals surface area contributed by atoms with E-state index in [2.05, 4.69) is 10.3 Å². The Kier molecular flexibility index (Phi) is 4.89. The molecule has 0 fully saturated rings. The summed E-state index contributed by atoms with van der Waals surface area (Å²) >= 11 is 1.25. The second-order valence-corrected chi connectivity index (χ2v) is 4.77. The van der Waals surface area contributed by atoms with Crippen LogP contribution in [0.5, 0.6) is 0 Å². The molecule has 0 radical (unpaired) electrons. The van der Waals surface area contributed by atoms with Crippen LogP contribution in [0.25, 0.3) is 0 Å². The molecule has 1 N–H and O–H groups in total. The fourth-order valence-electron chi connectivity index (χ4n) is 1.68. The Bertz CT molecular complexity index is 654. The zero-order valence-corrected chi connectivity index (χ0v) is 12.4. The topological polar surface area (TPSA) is 77.5 Å². The zero-order chi connectivity index (χ0) is 15.2. The van der Waals surface area contributed by atoms with Gasteiger partial charge in [-0.1, -0.05) is 12.1 Å². The van der Waals surface area contributed by atoms with Gasteiger partial charge in [0.1, 0.15) is 5.00 Å². The van der Waals surface area contributed by atoms with Crippen LogP contribution in [-0.4, -0.2) is 30.6 Å². The number of hydrogen-bond acceptors (Lipinski definition) is 7. The average Bonchev–Trinajstić information content (AvgIpc) is 2.95. The van der Waals surface area contributed by atoms with Crippen molar-refractivity contribution < 1.29 is 19.1 Å².